The summed E-state index contributed by atoms with van der Waals surface area (Å²) < 4.78 is 11.2. The highest BCUT2D eigenvalue weighted by Crippen LogP contribution is 2.23. The van der Waals surface area contributed by atoms with Crippen LogP contribution in [0.5, 0.6) is 0 Å². The van der Waals surface area contributed by atoms with Gasteiger partial charge in [-0.2, -0.15) is 0 Å². The molecule has 9 nitrogen and oxygen atoms in total. The summed E-state index contributed by atoms with van der Waals surface area (Å²) in [4.78, 5) is 13.0. The lowest BCUT2D eigenvalue weighted by molar-refractivity contribution is -0.302. The summed E-state index contributed by atoms with van der Waals surface area (Å²) in [6, 6.07) is -0.798. The lowest BCUT2D eigenvalue weighted by atomic mass is 9.99. The van der Waals surface area contributed by atoms with Crippen molar-refractivity contribution in [1.82, 2.24) is 5.32 Å². The Morgan fingerprint density at radius 2 is 0.965 bits per heavy atom. The van der Waals surface area contributed by atoms with Gasteiger partial charge in [-0.25, -0.2) is 0 Å². The van der Waals surface area contributed by atoms with Gasteiger partial charge in [-0.05, 0) is 19.3 Å². The average molecular weight is 812 g/mol. The molecule has 338 valence electrons. The van der Waals surface area contributed by atoms with E-state index in [2.05, 4.69) is 19.2 Å². The molecule has 7 atom stereocenters. The molecular formula is C48H93NO8. The van der Waals surface area contributed by atoms with Crippen molar-refractivity contribution in [3.8, 4) is 0 Å². The number of carbonyl (C=O) groups is 1. The highest BCUT2D eigenvalue weighted by molar-refractivity contribution is 5.76. The van der Waals surface area contributed by atoms with Gasteiger partial charge >= 0.3 is 0 Å². The predicted octanol–water partition coefficient (Wildman–Crippen LogP) is 10.5. The number of nitrogens with one attached hydrogen (secondary N) is 1. The molecule has 0 aromatic heterocycles. The summed E-state index contributed by atoms with van der Waals surface area (Å²) in [7, 11) is 0. The maximum absolute atomic E-state index is 13.0. The number of aliphatic hydroxyl groups excluding tert-OH is 5. The summed E-state index contributed by atoms with van der Waals surface area (Å²) in [5, 5.41) is 54.2. The van der Waals surface area contributed by atoms with Crippen molar-refractivity contribution < 1.29 is 39.8 Å². The lowest BCUT2D eigenvalue weighted by Gasteiger charge is -2.40. The smallest absolute Gasteiger partial charge is 0.220 e. The van der Waals surface area contributed by atoms with Crippen LogP contribution in [0.15, 0.2) is 12.2 Å². The summed E-state index contributed by atoms with van der Waals surface area (Å²) in [6.07, 6.45) is 38.3. The number of unbranched alkanes of at least 4 members (excludes halogenated alkanes) is 31. The predicted molar refractivity (Wildman–Crippen MR) is 235 cm³/mol. The highest BCUT2D eigenvalue weighted by Gasteiger charge is 2.44. The molecule has 0 aromatic carbocycles. The van der Waals surface area contributed by atoms with Gasteiger partial charge in [0.25, 0.3) is 0 Å². The first-order chi connectivity index (χ1) is 27.8. The van der Waals surface area contributed by atoms with Gasteiger partial charge in [-0.1, -0.05) is 219 Å². The van der Waals surface area contributed by atoms with Crippen LogP contribution in [-0.2, 0) is 14.3 Å². The maximum Gasteiger partial charge on any atom is 0.220 e. The summed E-state index contributed by atoms with van der Waals surface area (Å²) in [6.45, 7) is 3.79. The number of ether oxygens (including phenoxy) is 2. The van der Waals surface area contributed by atoms with Crippen molar-refractivity contribution in [3.63, 3.8) is 0 Å². The Balaban J connectivity index is 2.29. The van der Waals surface area contributed by atoms with E-state index in [1.54, 1.807) is 6.08 Å². The number of carbonyl (C=O) groups excluding carboxylic acids is 1. The molecule has 1 aliphatic heterocycles. The number of amides is 1. The fourth-order valence-electron chi connectivity index (χ4n) is 7.92. The minimum absolute atomic E-state index is 0.173. The molecule has 1 heterocycles. The lowest BCUT2D eigenvalue weighted by Crippen LogP contribution is -2.60. The zero-order valence-electron chi connectivity index (χ0n) is 37.1. The summed E-state index contributed by atoms with van der Waals surface area (Å²) in [5.41, 5.74) is 0. The first-order valence-corrected chi connectivity index (χ1v) is 24.4. The zero-order valence-corrected chi connectivity index (χ0v) is 37.1. The Labute approximate surface area is 350 Å². The van der Waals surface area contributed by atoms with E-state index >= 15 is 0 Å². The molecule has 0 bridgehead atoms. The average Bonchev–Trinajstić information content (AvgIpc) is 3.21. The van der Waals surface area contributed by atoms with Crippen molar-refractivity contribution in [3.05, 3.63) is 12.2 Å². The van der Waals surface area contributed by atoms with Crippen molar-refractivity contribution in [2.45, 2.75) is 275 Å². The second-order valence-corrected chi connectivity index (χ2v) is 17.3. The third-order valence-electron chi connectivity index (χ3n) is 11.9. The van der Waals surface area contributed by atoms with E-state index in [0.29, 0.717) is 6.42 Å². The van der Waals surface area contributed by atoms with Crippen LogP contribution in [-0.4, -0.2) is 87.5 Å². The molecule has 1 fully saturated rings. The molecule has 6 N–H and O–H groups in total. The van der Waals surface area contributed by atoms with Crippen LogP contribution in [0.4, 0.5) is 0 Å². The second-order valence-electron chi connectivity index (χ2n) is 17.3. The number of rotatable bonds is 41. The van der Waals surface area contributed by atoms with Gasteiger partial charge in [0.15, 0.2) is 6.29 Å². The summed E-state index contributed by atoms with van der Waals surface area (Å²) >= 11 is 0. The number of allylic oxidation sites excluding steroid dienone is 1. The van der Waals surface area contributed by atoms with Crippen molar-refractivity contribution in [2.75, 3.05) is 13.2 Å². The molecule has 9 heteroatoms. The first-order valence-electron chi connectivity index (χ1n) is 24.4. The van der Waals surface area contributed by atoms with E-state index in [9.17, 15) is 30.3 Å². The largest absolute Gasteiger partial charge is 0.394 e. The molecule has 1 rings (SSSR count). The molecule has 2 unspecified atom stereocenters. The van der Waals surface area contributed by atoms with E-state index in [1.807, 2.05) is 6.08 Å². The van der Waals surface area contributed by atoms with Gasteiger partial charge in [0.05, 0.1) is 25.4 Å². The number of hydrogen-bond donors (Lipinski definition) is 6. The standard InChI is InChI=1S/C48H93NO8/c1-3-5-7-9-11-13-15-17-19-20-21-22-23-24-26-28-30-32-34-36-38-44(52)49-41(40-56-48-47(55)46(54)45(53)43(39-50)57-48)42(51)37-35-33-31-29-27-25-18-16-14-12-10-8-6-4-2/h35,37,41-43,45-48,50-51,53-55H,3-34,36,38-40H2,1-2H3,(H,49,52)/b37-35+/t41-,42+,43+,45+,46?,47?,48+/m0/s1. The molecule has 1 saturated heterocycles. The topological polar surface area (TPSA) is 149 Å². The SMILES string of the molecule is CCCCCCCCCCCCCC/C=C/[C@@H](O)[C@H](CO[C@@H]1O[C@H](CO)[C@@H](O)C(O)C1O)NC(=O)CCCCCCCCCCCCCCCCCCCCCC. The summed E-state index contributed by atoms with van der Waals surface area (Å²) in [5.74, 6) is -0.173. The Morgan fingerprint density at radius 3 is 1.37 bits per heavy atom. The fraction of sp³-hybridized carbons (Fsp3) is 0.938. The maximum atomic E-state index is 13.0. The van der Waals surface area contributed by atoms with Crippen LogP contribution in [0.1, 0.15) is 232 Å². The minimum Gasteiger partial charge on any atom is -0.394 e. The Hall–Kier alpha value is -1.07. The van der Waals surface area contributed by atoms with Crippen LogP contribution < -0.4 is 5.32 Å². The van der Waals surface area contributed by atoms with E-state index in [1.165, 1.54) is 173 Å². The zero-order chi connectivity index (χ0) is 41.6. The minimum atomic E-state index is -1.56. The number of aliphatic hydroxyl groups is 5. The van der Waals surface area contributed by atoms with Gasteiger partial charge in [0.1, 0.15) is 24.4 Å². The van der Waals surface area contributed by atoms with Crippen molar-refractivity contribution in [1.29, 1.82) is 0 Å². The van der Waals surface area contributed by atoms with Crippen LogP contribution in [0.25, 0.3) is 0 Å². The van der Waals surface area contributed by atoms with E-state index < -0.39 is 49.5 Å². The highest BCUT2D eigenvalue weighted by atomic mass is 16.7. The fourth-order valence-corrected chi connectivity index (χ4v) is 7.92. The van der Waals surface area contributed by atoms with Crippen LogP contribution >= 0.6 is 0 Å². The van der Waals surface area contributed by atoms with Gasteiger partial charge in [-0.3, -0.25) is 4.79 Å². The van der Waals surface area contributed by atoms with Gasteiger partial charge in [0.2, 0.25) is 5.91 Å². The molecule has 57 heavy (non-hydrogen) atoms. The quantitative estimate of drug-likeness (QED) is 0.0264. The van der Waals surface area contributed by atoms with Crippen LogP contribution in [0.2, 0.25) is 0 Å². The van der Waals surface area contributed by atoms with Crippen LogP contribution in [0.3, 0.4) is 0 Å². The Bertz CT molecular complexity index is 904. The first kappa shape index (κ1) is 53.9. The second kappa shape index (κ2) is 39.1. The molecule has 0 aliphatic carbocycles. The van der Waals surface area contributed by atoms with Gasteiger partial charge < -0.3 is 40.3 Å². The molecule has 0 saturated carbocycles. The van der Waals surface area contributed by atoms with E-state index in [0.717, 1.165) is 38.5 Å². The molecule has 0 spiro atoms. The van der Waals surface area contributed by atoms with Crippen LogP contribution in [0, 0.1) is 0 Å². The van der Waals surface area contributed by atoms with Crippen molar-refractivity contribution >= 4 is 5.91 Å². The van der Waals surface area contributed by atoms with E-state index in [-0.39, 0.29) is 12.5 Å². The third kappa shape index (κ3) is 29.7. The monoisotopic (exact) mass is 812 g/mol. The normalized spacial score (nSPS) is 21.0. The Kier molecular flexibility index (Phi) is 37.0. The molecule has 1 aliphatic rings. The molecule has 0 aromatic rings. The molecule has 0 radical (unpaired) electrons. The van der Waals surface area contributed by atoms with Gasteiger partial charge in [0, 0.05) is 6.42 Å². The van der Waals surface area contributed by atoms with Gasteiger partial charge in [-0.15, -0.1) is 0 Å². The van der Waals surface area contributed by atoms with Crippen molar-refractivity contribution in [2.24, 2.45) is 0 Å². The van der Waals surface area contributed by atoms with E-state index in [4.69, 9.17) is 9.47 Å². The number of hydrogen-bond acceptors (Lipinski definition) is 8. The third-order valence-corrected chi connectivity index (χ3v) is 11.9. The molecular weight excluding hydrogens is 719 g/mol. The Morgan fingerprint density at radius 1 is 0.579 bits per heavy atom. The molecule has 1 amide bonds.